The summed E-state index contributed by atoms with van der Waals surface area (Å²) < 4.78 is 15.7. The molecule has 1 aliphatic heterocycles. The molecule has 3 nitrogen and oxygen atoms in total. The highest BCUT2D eigenvalue weighted by Gasteiger charge is 2.21. The molecule has 1 N–H and O–H groups in total. The Bertz CT molecular complexity index is 560. The van der Waals surface area contributed by atoms with Gasteiger partial charge in [-0.2, -0.15) is 5.10 Å². The highest BCUT2D eigenvalue weighted by molar-refractivity contribution is 5.65. The molecule has 0 bridgehead atoms. The first kappa shape index (κ1) is 10.5. The summed E-state index contributed by atoms with van der Waals surface area (Å²) in [4.78, 5) is 0. The Morgan fingerprint density at radius 2 is 2.18 bits per heavy atom. The Morgan fingerprint density at radius 3 is 3.00 bits per heavy atom. The van der Waals surface area contributed by atoms with Crippen LogP contribution in [0.2, 0.25) is 0 Å². The van der Waals surface area contributed by atoms with Crippen LogP contribution in [-0.4, -0.2) is 16.3 Å². The first-order chi connectivity index (χ1) is 8.27. The van der Waals surface area contributed by atoms with Crippen LogP contribution in [0.5, 0.6) is 0 Å². The maximum atomic E-state index is 13.8. The summed E-state index contributed by atoms with van der Waals surface area (Å²) in [6, 6.07) is 6.81. The van der Waals surface area contributed by atoms with Crippen LogP contribution in [0.4, 0.5) is 4.39 Å². The van der Waals surface area contributed by atoms with E-state index in [9.17, 15) is 4.39 Å². The molecule has 0 spiro atoms. The highest BCUT2D eigenvalue weighted by Crippen LogP contribution is 2.28. The average Bonchev–Trinajstić information content (AvgIpc) is 2.68. The molecule has 2 heterocycles. The third-order valence-corrected chi connectivity index (χ3v) is 3.24. The lowest BCUT2D eigenvalue weighted by Crippen LogP contribution is -2.24. The van der Waals surface area contributed by atoms with Crippen molar-refractivity contribution in [1.82, 2.24) is 15.1 Å². The molecular weight excluding hydrogens is 217 g/mol. The van der Waals surface area contributed by atoms with Gasteiger partial charge < -0.3 is 5.32 Å². The van der Waals surface area contributed by atoms with Gasteiger partial charge in [-0.1, -0.05) is 12.1 Å². The zero-order valence-electron chi connectivity index (χ0n) is 9.70. The second kappa shape index (κ2) is 3.96. The van der Waals surface area contributed by atoms with Crippen LogP contribution in [-0.2, 0) is 20.0 Å². The van der Waals surface area contributed by atoms with Gasteiger partial charge in [0.15, 0.2) is 0 Å². The van der Waals surface area contributed by atoms with E-state index >= 15 is 0 Å². The van der Waals surface area contributed by atoms with E-state index in [1.165, 1.54) is 11.8 Å². The lowest BCUT2D eigenvalue weighted by molar-refractivity contribution is 0.604. The van der Waals surface area contributed by atoms with E-state index in [-0.39, 0.29) is 5.82 Å². The smallest absolute Gasteiger partial charge is 0.132 e. The van der Waals surface area contributed by atoms with Crippen LogP contribution in [0.15, 0.2) is 24.3 Å². The van der Waals surface area contributed by atoms with Crippen molar-refractivity contribution in [2.24, 2.45) is 7.05 Å². The minimum atomic E-state index is -0.209. The van der Waals surface area contributed by atoms with Crippen molar-refractivity contribution in [2.75, 3.05) is 6.54 Å². The van der Waals surface area contributed by atoms with Gasteiger partial charge in [0, 0.05) is 43.4 Å². The molecule has 0 amide bonds. The Kier molecular flexibility index (Phi) is 2.44. The molecule has 0 fully saturated rings. The minimum Gasteiger partial charge on any atom is -0.312 e. The molecule has 1 aromatic carbocycles. The molecular formula is C13H14FN3. The number of nitrogens with zero attached hydrogens (tertiary/aromatic N) is 2. The molecule has 3 rings (SSSR count). The van der Waals surface area contributed by atoms with Crippen LogP contribution in [0.25, 0.3) is 11.3 Å². The molecule has 2 aromatic rings. The van der Waals surface area contributed by atoms with Gasteiger partial charge in [0.25, 0.3) is 0 Å². The first-order valence-electron chi connectivity index (χ1n) is 5.77. The predicted octanol–water partition coefficient (Wildman–Crippen LogP) is 1.87. The molecule has 0 radical (unpaired) electrons. The van der Waals surface area contributed by atoms with Crippen molar-refractivity contribution in [1.29, 1.82) is 0 Å². The molecule has 0 saturated carbocycles. The number of aryl methyl sites for hydroxylation is 1. The van der Waals surface area contributed by atoms with Crippen LogP contribution in [0.1, 0.15) is 11.3 Å². The number of aromatic nitrogens is 2. The van der Waals surface area contributed by atoms with E-state index in [2.05, 4.69) is 10.4 Å². The fourth-order valence-electron chi connectivity index (χ4n) is 2.39. The number of rotatable bonds is 1. The number of fused-ring (bicyclic) bond motifs is 1. The summed E-state index contributed by atoms with van der Waals surface area (Å²) in [6.45, 7) is 1.73. The van der Waals surface area contributed by atoms with Gasteiger partial charge in [-0.05, 0) is 12.1 Å². The monoisotopic (exact) mass is 231 g/mol. The molecule has 0 saturated heterocycles. The fraction of sp³-hybridized carbons (Fsp3) is 0.308. The third kappa shape index (κ3) is 1.65. The van der Waals surface area contributed by atoms with E-state index in [4.69, 9.17) is 0 Å². The van der Waals surface area contributed by atoms with Crippen molar-refractivity contribution >= 4 is 0 Å². The largest absolute Gasteiger partial charge is 0.312 e. The normalized spacial score (nSPS) is 14.7. The summed E-state index contributed by atoms with van der Waals surface area (Å²) in [5, 5.41) is 7.77. The first-order valence-corrected chi connectivity index (χ1v) is 5.77. The van der Waals surface area contributed by atoms with Crippen molar-refractivity contribution < 1.29 is 4.39 Å². The molecule has 0 atom stereocenters. The molecule has 17 heavy (non-hydrogen) atoms. The number of hydrogen-bond donors (Lipinski definition) is 1. The fourth-order valence-corrected chi connectivity index (χ4v) is 2.39. The Labute approximate surface area is 99.3 Å². The molecule has 0 unspecified atom stereocenters. The third-order valence-electron chi connectivity index (χ3n) is 3.24. The summed E-state index contributed by atoms with van der Waals surface area (Å²) >= 11 is 0. The van der Waals surface area contributed by atoms with E-state index in [0.717, 1.165) is 30.8 Å². The summed E-state index contributed by atoms with van der Waals surface area (Å²) in [7, 11) is 1.93. The van der Waals surface area contributed by atoms with E-state index in [1.54, 1.807) is 12.1 Å². The number of benzene rings is 1. The molecule has 1 aromatic heterocycles. The van der Waals surface area contributed by atoms with Crippen LogP contribution in [0, 0.1) is 5.82 Å². The average molecular weight is 231 g/mol. The van der Waals surface area contributed by atoms with Gasteiger partial charge in [0.1, 0.15) is 5.82 Å². The maximum Gasteiger partial charge on any atom is 0.132 e. The van der Waals surface area contributed by atoms with Crippen LogP contribution < -0.4 is 5.32 Å². The molecule has 1 aliphatic rings. The Hall–Kier alpha value is -1.68. The second-order valence-electron chi connectivity index (χ2n) is 4.30. The Balaban J connectivity index is 2.19. The summed E-state index contributed by atoms with van der Waals surface area (Å²) in [6.07, 6.45) is 0.952. The van der Waals surface area contributed by atoms with Gasteiger partial charge in [-0.25, -0.2) is 4.39 Å². The van der Waals surface area contributed by atoms with Crippen molar-refractivity contribution in [2.45, 2.75) is 13.0 Å². The standard InChI is InChI=1S/C13H14FN3/c1-17-12-6-7-15-8-10(12)13(16-17)9-4-2-3-5-11(9)14/h2-5,15H,6-8H2,1H3. The van der Waals surface area contributed by atoms with Crippen molar-refractivity contribution in [3.8, 4) is 11.3 Å². The Morgan fingerprint density at radius 1 is 1.35 bits per heavy atom. The van der Waals surface area contributed by atoms with Crippen molar-refractivity contribution in [3.63, 3.8) is 0 Å². The maximum absolute atomic E-state index is 13.8. The van der Waals surface area contributed by atoms with Crippen LogP contribution in [0.3, 0.4) is 0 Å². The van der Waals surface area contributed by atoms with Gasteiger partial charge >= 0.3 is 0 Å². The van der Waals surface area contributed by atoms with Gasteiger partial charge in [-0.15, -0.1) is 0 Å². The van der Waals surface area contributed by atoms with Gasteiger partial charge in [0.2, 0.25) is 0 Å². The zero-order valence-corrected chi connectivity index (χ0v) is 9.70. The van der Waals surface area contributed by atoms with E-state index in [1.807, 2.05) is 17.8 Å². The molecule has 4 heteroatoms. The number of halogens is 1. The van der Waals surface area contributed by atoms with Crippen LogP contribution >= 0.6 is 0 Å². The predicted molar refractivity (Wildman–Crippen MR) is 64.0 cm³/mol. The highest BCUT2D eigenvalue weighted by atomic mass is 19.1. The van der Waals surface area contributed by atoms with E-state index in [0.29, 0.717) is 5.56 Å². The second-order valence-corrected chi connectivity index (χ2v) is 4.30. The van der Waals surface area contributed by atoms with Gasteiger partial charge in [0.05, 0.1) is 5.69 Å². The summed E-state index contributed by atoms with van der Waals surface area (Å²) in [5.74, 6) is -0.209. The SMILES string of the molecule is Cn1nc(-c2ccccc2F)c2c1CCNC2. The molecule has 88 valence electrons. The lowest BCUT2D eigenvalue weighted by atomic mass is 10.0. The number of hydrogen-bond acceptors (Lipinski definition) is 2. The zero-order chi connectivity index (χ0) is 11.8. The quantitative estimate of drug-likeness (QED) is 0.812. The summed E-state index contributed by atoms with van der Waals surface area (Å²) in [5.41, 5.74) is 3.70. The lowest BCUT2D eigenvalue weighted by Gasteiger charge is -2.14. The van der Waals surface area contributed by atoms with Gasteiger partial charge in [-0.3, -0.25) is 4.68 Å². The van der Waals surface area contributed by atoms with Crippen molar-refractivity contribution in [3.05, 3.63) is 41.3 Å². The molecule has 0 aliphatic carbocycles. The minimum absolute atomic E-state index is 0.209. The van der Waals surface area contributed by atoms with E-state index < -0.39 is 0 Å². The topological polar surface area (TPSA) is 29.9 Å². The number of nitrogens with one attached hydrogen (secondary N) is 1.